The largest absolute Gasteiger partial charge is 0.592 e. The molecule has 6 nitrogen and oxygen atoms in total. The van der Waals surface area contributed by atoms with E-state index in [1.54, 1.807) is 6.92 Å². The van der Waals surface area contributed by atoms with Crippen LogP contribution in [0.1, 0.15) is 27.2 Å². The second-order valence-corrected chi connectivity index (χ2v) is 4.52. The zero-order valence-corrected chi connectivity index (χ0v) is 10.4. The molecule has 0 heterocycles. The zero-order chi connectivity index (χ0) is 12.8. The second kappa shape index (κ2) is 6.45. The SMILES string of the molecule is C=CCC(C)OP(=O)(OC(C)=O)OC(C)=O. The monoisotopic (exact) mass is 250 g/mol. The Balaban J connectivity index is 4.65. The lowest BCUT2D eigenvalue weighted by Crippen LogP contribution is -2.12. The maximum atomic E-state index is 11.8. The van der Waals surface area contributed by atoms with E-state index < -0.39 is 25.9 Å². The topological polar surface area (TPSA) is 78.9 Å². The van der Waals surface area contributed by atoms with E-state index in [1.807, 2.05) is 0 Å². The Hall–Kier alpha value is -1.13. The molecule has 0 amide bonds. The highest BCUT2D eigenvalue weighted by molar-refractivity contribution is 7.49. The number of carbonyl (C=O) groups is 2. The Morgan fingerprint density at radius 3 is 2.06 bits per heavy atom. The predicted molar refractivity (Wildman–Crippen MR) is 56.5 cm³/mol. The van der Waals surface area contributed by atoms with Crippen molar-refractivity contribution in [3.63, 3.8) is 0 Å². The van der Waals surface area contributed by atoms with Crippen LogP contribution in [0.5, 0.6) is 0 Å². The van der Waals surface area contributed by atoms with Crippen LogP contribution in [-0.4, -0.2) is 18.0 Å². The molecule has 0 bridgehead atoms. The minimum atomic E-state index is -4.16. The number of carbonyl (C=O) groups excluding carboxylic acids is 2. The maximum Gasteiger partial charge on any atom is 0.592 e. The second-order valence-electron chi connectivity index (χ2n) is 3.05. The van der Waals surface area contributed by atoms with Crippen molar-refractivity contribution in [1.29, 1.82) is 0 Å². The fourth-order valence-corrected chi connectivity index (χ4v) is 2.15. The van der Waals surface area contributed by atoms with E-state index in [2.05, 4.69) is 15.6 Å². The van der Waals surface area contributed by atoms with Gasteiger partial charge in [-0.2, -0.15) is 0 Å². The molecule has 1 unspecified atom stereocenters. The van der Waals surface area contributed by atoms with Crippen LogP contribution in [0.15, 0.2) is 12.7 Å². The number of rotatable bonds is 6. The van der Waals surface area contributed by atoms with Gasteiger partial charge < -0.3 is 9.05 Å². The quantitative estimate of drug-likeness (QED) is 0.531. The van der Waals surface area contributed by atoms with Crippen molar-refractivity contribution in [3.8, 4) is 0 Å². The molecule has 7 heteroatoms. The summed E-state index contributed by atoms with van der Waals surface area (Å²) < 4.78 is 25.4. The number of hydrogen-bond acceptors (Lipinski definition) is 6. The molecule has 16 heavy (non-hydrogen) atoms. The fourth-order valence-electron chi connectivity index (χ4n) is 0.875. The van der Waals surface area contributed by atoms with E-state index in [-0.39, 0.29) is 0 Å². The predicted octanol–water partition coefficient (Wildman–Crippen LogP) is 2.20. The van der Waals surface area contributed by atoms with Gasteiger partial charge in [-0.3, -0.25) is 14.1 Å². The molecule has 0 aliphatic carbocycles. The van der Waals surface area contributed by atoms with Crippen molar-refractivity contribution in [2.45, 2.75) is 33.3 Å². The molecule has 0 aromatic carbocycles. The third kappa shape index (κ3) is 6.37. The van der Waals surface area contributed by atoms with Crippen molar-refractivity contribution < 1.29 is 27.7 Å². The molecular formula is C9H15O6P. The van der Waals surface area contributed by atoms with Crippen molar-refractivity contribution in [3.05, 3.63) is 12.7 Å². The molecule has 0 aliphatic rings. The van der Waals surface area contributed by atoms with Crippen LogP contribution in [-0.2, 0) is 27.7 Å². The molecule has 0 aliphatic heterocycles. The molecule has 0 saturated carbocycles. The molecule has 0 rings (SSSR count). The first-order valence-corrected chi connectivity index (χ1v) is 6.05. The maximum absolute atomic E-state index is 11.8. The Morgan fingerprint density at radius 2 is 1.75 bits per heavy atom. The molecular weight excluding hydrogens is 235 g/mol. The van der Waals surface area contributed by atoms with Gasteiger partial charge in [0, 0.05) is 13.8 Å². The van der Waals surface area contributed by atoms with Crippen molar-refractivity contribution in [2.75, 3.05) is 0 Å². The summed E-state index contributed by atoms with van der Waals surface area (Å²) in [4.78, 5) is 21.4. The highest BCUT2D eigenvalue weighted by Gasteiger charge is 2.35. The summed E-state index contributed by atoms with van der Waals surface area (Å²) in [6.45, 7) is 7.13. The minimum absolute atomic E-state index is 0.381. The van der Waals surface area contributed by atoms with Gasteiger partial charge in [0.15, 0.2) is 0 Å². The molecule has 92 valence electrons. The van der Waals surface area contributed by atoms with Crippen LogP contribution < -0.4 is 0 Å². The van der Waals surface area contributed by atoms with Gasteiger partial charge in [0.25, 0.3) is 0 Å². The van der Waals surface area contributed by atoms with Gasteiger partial charge in [-0.05, 0) is 13.3 Å². The minimum Gasteiger partial charge on any atom is -0.362 e. The smallest absolute Gasteiger partial charge is 0.362 e. The Labute approximate surface area is 94.2 Å². The summed E-state index contributed by atoms with van der Waals surface area (Å²) in [5.41, 5.74) is 0. The molecule has 1 atom stereocenters. The summed E-state index contributed by atoms with van der Waals surface area (Å²) in [6.07, 6.45) is 1.38. The summed E-state index contributed by atoms with van der Waals surface area (Å²) in [5.74, 6) is -1.70. The summed E-state index contributed by atoms with van der Waals surface area (Å²) >= 11 is 0. The van der Waals surface area contributed by atoms with Crippen molar-refractivity contribution in [1.82, 2.24) is 0 Å². The molecule has 0 saturated heterocycles. The third-order valence-corrected chi connectivity index (χ3v) is 2.87. The lowest BCUT2D eigenvalue weighted by molar-refractivity contribution is -0.138. The van der Waals surface area contributed by atoms with Crippen LogP contribution in [0.2, 0.25) is 0 Å². The van der Waals surface area contributed by atoms with Gasteiger partial charge in [0.2, 0.25) is 0 Å². The van der Waals surface area contributed by atoms with E-state index in [9.17, 15) is 14.2 Å². The summed E-state index contributed by atoms with van der Waals surface area (Å²) in [5, 5.41) is 0. The summed E-state index contributed by atoms with van der Waals surface area (Å²) in [7, 11) is -4.16. The van der Waals surface area contributed by atoms with Gasteiger partial charge in [-0.1, -0.05) is 6.08 Å². The first kappa shape index (κ1) is 14.9. The molecule has 0 radical (unpaired) electrons. The Kier molecular flexibility index (Phi) is 6.00. The number of phosphoric acid groups is 1. The highest BCUT2D eigenvalue weighted by atomic mass is 31.2. The van der Waals surface area contributed by atoms with Gasteiger partial charge in [0.1, 0.15) is 0 Å². The van der Waals surface area contributed by atoms with Crippen LogP contribution in [0, 0.1) is 0 Å². The average molecular weight is 250 g/mol. The van der Waals surface area contributed by atoms with E-state index in [0.29, 0.717) is 6.42 Å². The normalized spacial score (nSPS) is 12.7. The molecule has 0 spiro atoms. The molecule has 0 N–H and O–H groups in total. The molecule has 0 fully saturated rings. The Morgan fingerprint density at radius 1 is 1.31 bits per heavy atom. The highest BCUT2D eigenvalue weighted by Crippen LogP contribution is 2.51. The van der Waals surface area contributed by atoms with E-state index in [4.69, 9.17) is 4.52 Å². The van der Waals surface area contributed by atoms with Gasteiger partial charge in [-0.15, -0.1) is 6.58 Å². The van der Waals surface area contributed by atoms with Gasteiger partial charge >= 0.3 is 19.8 Å². The van der Waals surface area contributed by atoms with Crippen LogP contribution in [0.25, 0.3) is 0 Å². The van der Waals surface area contributed by atoms with Gasteiger partial charge in [-0.25, -0.2) is 4.57 Å². The fraction of sp³-hybridized carbons (Fsp3) is 0.556. The van der Waals surface area contributed by atoms with Gasteiger partial charge in [0.05, 0.1) is 6.10 Å². The molecule has 0 aromatic heterocycles. The lowest BCUT2D eigenvalue weighted by Gasteiger charge is -2.18. The van der Waals surface area contributed by atoms with E-state index in [0.717, 1.165) is 13.8 Å². The third-order valence-electron chi connectivity index (χ3n) is 1.29. The standard InChI is InChI=1S/C9H15O6P/c1-5-6-7(2)13-16(12,14-8(3)10)15-9(4)11/h5,7H,1,6H2,2-4H3. The first-order valence-electron chi connectivity index (χ1n) is 4.58. The Bertz CT molecular complexity index is 304. The van der Waals surface area contributed by atoms with Crippen molar-refractivity contribution >= 4 is 19.8 Å². The van der Waals surface area contributed by atoms with Crippen LogP contribution in [0.4, 0.5) is 0 Å². The van der Waals surface area contributed by atoms with Crippen LogP contribution in [0.3, 0.4) is 0 Å². The molecule has 0 aromatic rings. The zero-order valence-electron chi connectivity index (χ0n) is 9.47. The van der Waals surface area contributed by atoms with Crippen molar-refractivity contribution in [2.24, 2.45) is 0 Å². The van der Waals surface area contributed by atoms with Crippen LogP contribution >= 0.6 is 7.82 Å². The van der Waals surface area contributed by atoms with E-state index in [1.165, 1.54) is 6.08 Å². The number of phosphoric ester groups is 1. The van der Waals surface area contributed by atoms with E-state index >= 15 is 0 Å². The first-order chi connectivity index (χ1) is 7.29. The number of hydrogen-bond donors (Lipinski definition) is 0. The summed E-state index contributed by atoms with van der Waals surface area (Å²) in [6, 6.07) is 0. The average Bonchev–Trinajstić information content (AvgIpc) is 1.98. The lowest BCUT2D eigenvalue weighted by atomic mass is 10.3.